The van der Waals surface area contributed by atoms with Crippen LogP contribution in [0.5, 0.6) is 0 Å². The third-order valence-corrected chi connectivity index (χ3v) is 4.96. The van der Waals surface area contributed by atoms with Crippen molar-refractivity contribution in [3.8, 4) is 6.07 Å². The van der Waals surface area contributed by atoms with Gasteiger partial charge in [-0.1, -0.05) is 28.1 Å². The Bertz CT molecular complexity index is 1050. The van der Waals surface area contributed by atoms with Gasteiger partial charge in [-0.15, -0.1) is 0 Å². The fourth-order valence-electron chi connectivity index (χ4n) is 3.06. The molecule has 0 aliphatic rings. The van der Waals surface area contributed by atoms with E-state index in [-0.39, 0.29) is 0 Å². The number of alkyl halides is 2. The summed E-state index contributed by atoms with van der Waals surface area (Å²) in [5.74, 6) is -4.82. The summed E-state index contributed by atoms with van der Waals surface area (Å²) in [6.07, 6.45) is 1.62. The number of nitriles is 1. The fraction of sp³-hybridized carbons (Fsp3) is 0.250. The molecule has 3 rings (SSSR count). The van der Waals surface area contributed by atoms with Crippen LogP contribution < -0.4 is 5.32 Å². The Morgan fingerprint density at radius 3 is 2.57 bits per heavy atom. The number of nitrogens with zero attached hydrogens (tertiary/aromatic N) is 3. The summed E-state index contributed by atoms with van der Waals surface area (Å²) in [6.45, 7) is 2.23. The highest BCUT2D eigenvalue weighted by Gasteiger charge is 2.35. The number of amides is 1. The van der Waals surface area contributed by atoms with E-state index in [2.05, 4.69) is 32.4 Å². The Morgan fingerprint density at radius 2 is 1.96 bits per heavy atom. The average Bonchev–Trinajstić information content (AvgIpc) is 3.05. The van der Waals surface area contributed by atoms with Gasteiger partial charge in [-0.25, -0.2) is 0 Å². The molecular formula is C20H17BrF2N4O. The number of aromatic nitrogens is 2. The predicted octanol–water partition coefficient (Wildman–Crippen LogP) is 4.42. The van der Waals surface area contributed by atoms with E-state index in [1.165, 1.54) is 0 Å². The zero-order chi connectivity index (χ0) is 20.5. The molecule has 1 heterocycles. The van der Waals surface area contributed by atoms with Crippen molar-refractivity contribution >= 4 is 32.7 Å². The quantitative estimate of drug-likeness (QED) is 0.630. The Labute approximate surface area is 169 Å². The standard InChI is InChI=1S/C20H17BrF2N4O/c1-12(26-19(28)20(2,22)23)18(14-4-6-16(21)7-5-14)27-17-8-3-13(10-24)9-15(17)11-25-27/h3-9,11-12,18H,1-2H3,(H,26,28)/t12-,18-/m0/s1. The number of carbonyl (C=O) groups is 1. The van der Waals surface area contributed by atoms with Crippen LogP contribution in [0, 0.1) is 11.3 Å². The maximum atomic E-state index is 13.4. The average molecular weight is 447 g/mol. The molecule has 8 heteroatoms. The van der Waals surface area contributed by atoms with Crippen molar-refractivity contribution in [2.75, 3.05) is 0 Å². The van der Waals surface area contributed by atoms with E-state index < -0.39 is 23.9 Å². The van der Waals surface area contributed by atoms with Crippen molar-refractivity contribution in [2.45, 2.75) is 31.9 Å². The number of hydrogen-bond acceptors (Lipinski definition) is 3. The molecule has 2 atom stereocenters. The summed E-state index contributed by atoms with van der Waals surface area (Å²) in [5, 5.41) is 16.6. The van der Waals surface area contributed by atoms with Crippen molar-refractivity contribution in [1.82, 2.24) is 15.1 Å². The lowest BCUT2D eigenvalue weighted by Gasteiger charge is -2.27. The molecule has 0 spiro atoms. The molecule has 144 valence electrons. The molecule has 1 N–H and O–H groups in total. The lowest BCUT2D eigenvalue weighted by Crippen LogP contribution is -2.46. The van der Waals surface area contributed by atoms with Gasteiger partial charge in [0.15, 0.2) is 0 Å². The smallest absolute Gasteiger partial charge is 0.321 e. The van der Waals surface area contributed by atoms with Gasteiger partial charge in [-0.2, -0.15) is 19.1 Å². The number of rotatable bonds is 5. The van der Waals surface area contributed by atoms with Crippen molar-refractivity contribution in [3.63, 3.8) is 0 Å². The summed E-state index contributed by atoms with van der Waals surface area (Å²) in [4.78, 5) is 11.8. The molecule has 2 aromatic carbocycles. The Balaban J connectivity index is 2.08. The minimum Gasteiger partial charge on any atom is -0.346 e. The van der Waals surface area contributed by atoms with E-state index in [1.807, 2.05) is 24.3 Å². The van der Waals surface area contributed by atoms with Gasteiger partial charge >= 0.3 is 5.92 Å². The lowest BCUT2D eigenvalue weighted by atomic mass is 9.99. The topological polar surface area (TPSA) is 70.7 Å². The van der Waals surface area contributed by atoms with E-state index in [0.29, 0.717) is 12.5 Å². The monoisotopic (exact) mass is 446 g/mol. The molecule has 0 aliphatic heterocycles. The second kappa shape index (κ2) is 7.68. The van der Waals surface area contributed by atoms with E-state index in [9.17, 15) is 13.6 Å². The zero-order valence-corrected chi connectivity index (χ0v) is 16.7. The van der Waals surface area contributed by atoms with Crippen molar-refractivity contribution in [3.05, 3.63) is 64.3 Å². The Hall–Kier alpha value is -2.79. The lowest BCUT2D eigenvalue weighted by molar-refractivity contribution is -0.143. The van der Waals surface area contributed by atoms with Gasteiger partial charge in [0.1, 0.15) is 0 Å². The molecule has 0 radical (unpaired) electrons. The Kier molecular flexibility index (Phi) is 5.47. The van der Waals surface area contributed by atoms with E-state index >= 15 is 0 Å². The number of halogens is 3. The van der Waals surface area contributed by atoms with Crippen LogP contribution in [0.1, 0.15) is 31.0 Å². The third kappa shape index (κ3) is 4.04. The molecule has 5 nitrogen and oxygen atoms in total. The minimum absolute atomic E-state index is 0.499. The Morgan fingerprint density at radius 1 is 1.29 bits per heavy atom. The highest BCUT2D eigenvalue weighted by molar-refractivity contribution is 9.10. The molecule has 0 fully saturated rings. The van der Waals surface area contributed by atoms with Crippen LogP contribution in [0.3, 0.4) is 0 Å². The van der Waals surface area contributed by atoms with Crippen molar-refractivity contribution in [1.29, 1.82) is 5.26 Å². The summed E-state index contributed by atoms with van der Waals surface area (Å²) in [7, 11) is 0. The van der Waals surface area contributed by atoms with E-state index in [4.69, 9.17) is 5.26 Å². The molecule has 0 unspecified atom stereocenters. The van der Waals surface area contributed by atoms with Crippen molar-refractivity contribution in [2.24, 2.45) is 0 Å². The number of hydrogen-bond donors (Lipinski definition) is 1. The summed E-state index contributed by atoms with van der Waals surface area (Å²) in [5.41, 5.74) is 2.03. The second-order valence-electron chi connectivity index (χ2n) is 6.62. The molecule has 1 aromatic heterocycles. The summed E-state index contributed by atoms with van der Waals surface area (Å²) >= 11 is 3.38. The largest absolute Gasteiger partial charge is 0.346 e. The normalized spacial score (nSPS) is 13.7. The first kappa shape index (κ1) is 20.0. The predicted molar refractivity (Wildman–Crippen MR) is 105 cm³/mol. The molecule has 3 aromatic rings. The molecule has 1 amide bonds. The van der Waals surface area contributed by atoms with Crippen LogP contribution in [0.4, 0.5) is 8.78 Å². The molecule has 0 bridgehead atoms. The van der Waals surface area contributed by atoms with Crippen molar-refractivity contribution < 1.29 is 13.6 Å². The number of benzene rings is 2. The SMILES string of the molecule is C[C@H](NC(=O)C(C)(F)F)[C@@H](c1ccc(Br)cc1)n1ncc2cc(C#N)ccc21. The molecule has 28 heavy (non-hydrogen) atoms. The van der Waals surface area contributed by atoms with E-state index in [0.717, 1.165) is 20.9 Å². The number of fused-ring (bicyclic) bond motifs is 1. The molecule has 0 aliphatic carbocycles. The molecular weight excluding hydrogens is 430 g/mol. The van der Waals surface area contributed by atoms with Gasteiger partial charge < -0.3 is 5.32 Å². The second-order valence-corrected chi connectivity index (χ2v) is 7.54. The number of carbonyl (C=O) groups excluding carboxylic acids is 1. The highest BCUT2D eigenvalue weighted by atomic mass is 79.9. The minimum atomic E-state index is -3.48. The van der Waals surface area contributed by atoms with Gasteiger partial charge in [-0.3, -0.25) is 9.48 Å². The first-order chi connectivity index (χ1) is 13.2. The van der Waals surface area contributed by atoms with Crippen LogP contribution in [-0.2, 0) is 4.79 Å². The van der Waals surface area contributed by atoms with Crippen LogP contribution in [0.2, 0.25) is 0 Å². The van der Waals surface area contributed by atoms with E-state index in [1.54, 1.807) is 36.0 Å². The van der Waals surface area contributed by atoms with Crippen LogP contribution >= 0.6 is 15.9 Å². The molecule has 0 saturated heterocycles. The first-order valence-corrected chi connectivity index (χ1v) is 9.31. The fourth-order valence-corrected chi connectivity index (χ4v) is 3.32. The summed E-state index contributed by atoms with van der Waals surface area (Å²) in [6, 6.07) is 13.4. The van der Waals surface area contributed by atoms with Gasteiger partial charge in [-0.05, 0) is 42.8 Å². The van der Waals surface area contributed by atoms with Crippen LogP contribution in [0.15, 0.2) is 53.1 Å². The van der Waals surface area contributed by atoms with Gasteiger partial charge in [0, 0.05) is 16.8 Å². The van der Waals surface area contributed by atoms with Crippen LogP contribution in [0.25, 0.3) is 10.9 Å². The first-order valence-electron chi connectivity index (χ1n) is 8.52. The van der Waals surface area contributed by atoms with Gasteiger partial charge in [0.2, 0.25) is 0 Å². The highest BCUT2D eigenvalue weighted by Crippen LogP contribution is 2.28. The maximum Gasteiger partial charge on any atom is 0.321 e. The third-order valence-electron chi connectivity index (χ3n) is 4.43. The zero-order valence-electron chi connectivity index (χ0n) is 15.2. The van der Waals surface area contributed by atoms with Gasteiger partial charge in [0.05, 0.1) is 35.4 Å². The summed E-state index contributed by atoms with van der Waals surface area (Å²) < 4.78 is 29.4. The maximum absolute atomic E-state index is 13.4. The van der Waals surface area contributed by atoms with Crippen LogP contribution in [-0.4, -0.2) is 27.7 Å². The van der Waals surface area contributed by atoms with Gasteiger partial charge in [0.25, 0.3) is 5.91 Å². The molecule has 0 saturated carbocycles. The number of nitrogens with one attached hydrogen (secondary N) is 1.